The SMILES string of the molecule is CC1(C)[C@H](C=C(Cl)Cl)[C@@H]1C(=O)N(Cc1cccs1)[C@H]1CCS(=O)(=O)C1. The lowest BCUT2D eigenvalue weighted by Gasteiger charge is -2.28. The lowest BCUT2D eigenvalue weighted by Crippen LogP contribution is -2.42. The number of hydrogen-bond acceptors (Lipinski definition) is 4. The molecule has 4 nitrogen and oxygen atoms in total. The van der Waals surface area contributed by atoms with Crippen molar-refractivity contribution >= 4 is 50.3 Å². The molecule has 0 unspecified atom stereocenters. The average Bonchev–Trinajstić information content (AvgIpc) is 2.93. The van der Waals surface area contributed by atoms with Gasteiger partial charge in [0.15, 0.2) is 9.84 Å². The van der Waals surface area contributed by atoms with Crippen LogP contribution in [-0.4, -0.2) is 36.8 Å². The molecule has 1 aliphatic heterocycles. The van der Waals surface area contributed by atoms with E-state index in [4.69, 9.17) is 23.2 Å². The molecule has 1 aromatic heterocycles. The van der Waals surface area contributed by atoms with Crippen LogP contribution in [0.4, 0.5) is 0 Å². The highest BCUT2D eigenvalue weighted by molar-refractivity contribution is 7.91. The van der Waals surface area contributed by atoms with Crippen molar-refractivity contribution in [2.45, 2.75) is 32.9 Å². The van der Waals surface area contributed by atoms with E-state index in [0.29, 0.717) is 13.0 Å². The van der Waals surface area contributed by atoms with Gasteiger partial charge in [-0.1, -0.05) is 43.1 Å². The van der Waals surface area contributed by atoms with Crippen LogP contribution in [0.25, 0.3) is 0 Å². The van der Waals surface area contributed by atoms with Gasteiger partial charge in [0.25, 0.3) is 0 Å². The minimum atomic E-state index is -3.06. The van der Waals surface area contributed by atoms with Gasteiger partial charge in [0.05, 0.1) is 24.0 Å². The van der Waals surface area contributed by atoms with E-state index in [0.717, 1.165) is 4.88 Å². The first-order chi connectivity index (χ1) is 11.6. The van der Waals surface area contributed by atoms with Gasteiger partial charge in [-0.2, -0.15) is 0 Å². The molecular weight excluding hydrogens is 401 g/mol. The van der Waals surface area contributed by atoms with Crippen molar-refractivity contribution in [1.29, 1.82) is 0 Å². The third-order valence-corrected chi connectivity index (χ3v) is 8.18. The summed E-state index contributed by atoms with van der Waals surface area (Å²) in [6.45, 7) is 4.48. The number of rotatable bonds is 5. The Labute approximate surface area is 162 Å². The normalized spacial score (nSPS) is 29.2. The summed E-state index contributed by atoms with van der Waals surface area (Å²) in [5.74, 6) is -0.0430. The van der Waals surface area contributed by atoms with Crippen LogP contribution in [0.1, 0.15) is 25.1 Å². The van der Waals surface area contributed by atoms with Gasteiger partial charge in [-0.25, -0.2) is 8.42 Å². The van der Waals surface area contributed by atoms with Crippen molar-refractivity contribution < 1.29 is 13.2 Å². The maximum absolute atomic E-state index is 13.3. The Hall–Kier alpha value is -0.560. The number of carbonyl (C=O) groups is 1. The Bertz CT molecular complexity index is 783. The third-order valence-electron chi connectivity index (χ3n) is 5.32. The standard InChI is InChI=1S/C17H21Cl2NO3S2/c1-17(2)13(8-14(18)19)15(17)16(21)20(9-12-4-3-6-24-12)11-5-7-25(22,23)10-11/h3-4,6,8,11,13,15H,5,7,9-10H2,1-2H3/t11-,13+,15+/m0/s1. The van der Waals surface area contributed by atoms with E-state index in [-0.39, 0.29) is 45.2 Å². The summed E-state index contributed by atoms with van der Waals surface area (Å²) < 4.78 is 24.0. The summed E-state index contributed by atoms with van der Waals surface area (Å²) in [7, 11) is -3.06. The fraction of sp³-hybridized carbons (Fsp3) is 0.588. The summed E-state index contributed by atoms with van der Waals surface area (Å²) >= 11 is 13.2. The van der Waals surface area contributed by atoms with Crippen LogP contribution < -0.4 is 0 Å². The second-order valence-electron chi connectivity index (χ2n) is 7.38. The molecule has 1 saturated heterocycles. The molecule has 2 heterocycles. The van der Waals surface area contributed by atoms with E-state index in [9.17, 15) is 13.2 Å². The molecule has 0 spiro atoms. The lowest BCUT2D eigenvalue weighted by molar-refractivity contribution is -0.136. The molecule has 0 aromatic carbocycles. The van der Waals surface area contributed by atoms with Gasteiger partial charge < -0.3 is 4.90 Å². The van der Waals surface area contributed by atoms with Gasteiger partial charge in [0, 0.05) is 10.9 Å². The van der Waals surface area contributed by atoms with Gasteiger partial charge in [-0.3, -0.25) is 4.79 Å². The van der Waals surface area contributed by atoms with Crippen LogP contribution in [0.5, 0.6) is 0 Å². The monoisotopic (exact) mass is 421 g/mol. The Balaban J connectivity index is 1.84. The van der Waals surface area contributed by atoms with Crippen molar-refractivity contribution in [3.05, 3.63) is 33.0 Å². The van der Waals surface area contributed by atoms with E-state index in [1.165, 1.54) is 0 Å². The Morgan fingerprint density at radius 3 is 2.68 bits per heavy atom. The van der Waals surface area contributed by atoms with E-state index < -0.39 is 9.84 Å². The van der Waals surface area contributed by atoms with Gasteiger partial charge in [-0.15, -0.1) is 11.3 Å². The van der Waals surface area contributed by atoms with Crippen LogP contribution in [0, 0.1) is 17.3 Å². The fourth-order valence-electron chi connectivity index (χ4n) is 3.75. The second-order valence-corrected chi connectivity index (χ2v) is 11.7. The topological polar surface area (TPSA) is 54.5 Å². The molecule has 3 atom stereocenters. The van der Waals surface area contributed by atoms with E-state index in [1.807, 2.05) is 31.4 Å². The van der Waals surface area contributed by atoms with Crippen LogP contribution in [0.2, 0.25) is 0 Å². The molecular formula is C17H21Cl2NO3S2. The van der Waals surface area contributed by atoms with Crippen molar-refractivity contribution in [3.8, 4) is 0 Å². The molecule has 138 valence electrons. The zero-order chi connectivity index (χ0) is 18.4. The van der Waals surface area contributed by atoms with Gasteiger partial charge >= 0.3 is 0 Å². The van der Waals surface area contributed by atoms with Crippen molar-refractivity contribution in [2.24, 2.45) is 17.3 Å². The summed E-state index contributed by atoms with van der Waals surface area (Å²) in [4.78, 5) is 16.1. The largest absolute Gasteiger partial charge is 0.333 e. The van der Waals surface area contributed by atoms with Gasteiger partial charge in [-0.05, 0) is 35.3 Å². The van der Waals surface area contributed by atoms with E-state index in [1.54, 1.807) is 22.3 Å². The van der Waals surface area contributed by atoms with Crippen LogP contribution in [-0.2, 0) is 21.2 Å². The van der Waals surface area contributed by atoms with Crippen molar-refractivity contribution in [3.63, 3.8) is 0 Å². The van der Waals surface area contributed by atoms with Crippen LogP contribution >= 0.6 is 34.5 Å². The first-order valence-electron chi connectivity index (χ1n) is 8.18. The third kappa shape index (κ3) is 4.07. The predicted molar refractivity (Wildman–Crippen MR) is 102 cm³/mol. The lowest BCUT2D eigenvalue weighted by atomic mass is 10.1. The number of halogens is 2. The molecule has 2 aliphatic rings. The molecule has 1 saturated carbocycles. The van der Waals surface area contributed by atoms with Crippen LogP contribution in [0.3, 0.4) is 0 Å². The van der Waals surface area contributed by atoms with E-state index in [2.05, 4.69) is 0 Å². The molecule has 2 fully saturated rings. The highest BCUT2D eigenvalue weighted by Crippen LogP contribution is 2.60. The van der Waals surface area contributed by atoms with E-state index >= 15 is 0 Å². The number of carbonyl (C=O) groups excluding carboxylic acids is 1. The first kappa shape index (κ1) is 19.2. The summed E-state index contributed by atoms with van der Waals surface area (Å²) in [6.07, 6.45) is 2.23. The Morgan fingerprint density at radius 1 is 1.44 bits per heavy atom. The summed E-state index contributed by atoms with van der Waals surface area (Å²) in [5, 5.41) is 1.96. The highest BCUT2D eigenvalue weighted by atomic mass is 35.5. The first-order valence-corrected chi connectivity index (χ1v) is 11.6. The predicted octanol–water partition coefficient (Wildman–Crippen LogP) is 3.86. The minimum Gasteiger partial charge on any atom is -0.333 e. The molecule has 25 heavy (non-hydrogen) atoms. The molecule has 3 rings (SSSR count). The molecule has 0 N–H and O–H groups in total. The number of allylic oxidation sites excluding steroid dienone is 1. The number of thiophene rings is 1. The molecule has 1 aromatic rings. The van der Waals surface area contributed by atoms with Crippen molar-refractivity contribution in [1.82, 2.24) is 4.90 Å². The fourth-order valence-corrected chi connectivity index (χ4v) is 6.46. The van der Waals surface area contributed by atoms with Crippen molar-refractivity contribution in [2.75, 3.05) is 11.5 Å². The quantitative estimate of drug-likeness (QED) is 0.724. The summed E-state index contributed by atoms with van der Waals surface area (Å²) in [6, 6.07) is 3.65. The molecule has 0 bridgehead atoms. The number of amides is 1. The van der Waals surface area contributed by atoms with Crippen LogP contribution in [0.15, 0.2) is 28.1 Å². The number of nitrogens with zero attached hydrogens (tertiary/aromatic N) is 1. The molecule has 1 amide bonds. The molecule has 0 radical (unpaired) electrons. The molecule has 8 heteroatoms. The zero-order valence-corrected chi connectivity index (χ0v) is 17.3. The summed E-state index contributed by atoms with van der Waals surface area (Å²) in [5.41, 5.74) is -0.225. The number of hydrogen-bond donors (Lipinski definition) is 0. The van der Waals surface area contributed by atoms with Gasteiger partial charge in [0.1, 0.15) is 4.49 Å². The Kier molecular flexibility index (Phi) is 5.28. The molecule has 1 aliphatic carbocycles. The maximum Gasteiger partial charge on any atom is 0.227 e. The smallest absolute Gasteiger partial charge is 0.227 e. The minimum absolute atomic E-state index is 0.00340. The average molecular weight is 422 g/mol. The number of sulfone groups is 1. The Morgan fingerprint density at radius 2 is 2.16 bits per heavy atom. The van der Waals surface area contributed by atoms with Gasteiger partial charge in [0.2, 0.25) is 5.91 Å². The zero-order valence-electron chi connectivity index (χ0n) is 14.1. The highest BCUT2D eigenvalue weighted by Gasteiger charge is 2.62. The second kappa shape index (κ2) is 6.87. The maximum atomic E-state index is 13.3.